The highest BCUT2D eigenvalue weighted by Gasteiger charge is 2.31. The van der Waals surface area contributed by atoms with Crippen LogP contribution in [0.15, 0.2) is 40.0 Å². The van der Waals surface area contributed by atoms with E-state index in [1.165, 1.54) is 11.3 Å². The fraction of sp³-hybridized carbons (Fsp3) is 0.235. The van der Waals surface area contributed by atoms with Crippen LogP contribution in [0.2, 0.25) is 10.0 Å². The zero-order chi connectivity index (χ0) is 18.8. The molecule has 5 nitrogen and oxygen atoms in total. The molecule has 0 spiro atoms. The van der Waals surface area contributed by atoms with Gasteiger partial charge in [0.1, 0.15) is 11.7 Å². The number of nitrogens with zero attached hydrogens (tertiary/aromatic N) is 2. The summed E-state index contributed by atoms with van der Waals surface area (Å²) in [4.78, 5) is 21.8. The predicted octanol–water partition coefficient (Wildman–Crippen LogP) is 4.68. The van der Waals surface area contributed by atoms with Crippen LogP contribution in [-0.4, -0.2) is 27.8 Å². The topological polar surface area (TPSA) is 74.6 Å². The Kier molecular flexibility index (Phi) is 5.87. The van der Waals surface area contributed by atoms with Gasteiger partial charge in [0, 0.05) is 32.1 Å². The number of carboxylic acid groups (broad SMARTS) is 1. The Balaban J connectivity index is 2.12. The molecule has 1 atom stereocenters. The number of allylic oxidation sites excluding steroid dienone is 1. The molecular formula is C17H14Cl3N3O2S. The zero-order valence-corrected chi connectivity index (χ0v) is 16.7. The van der Waals surface area contributed by atoms with Gasteiger partial charge in [-0.25, -0.2) is 9.78 Å². The average molecular weight is 431 g/mol. The number of amidine groups is 1. The summed E-state index contributed by atoms with van der Waals surface area (Å²) in [6, 6.07) is 4.17. The SMILES string of the molecule is CC1=C(C(=O)O)C(c2ccc(Cl)cc2Cl)N=C(c2ncsc2CCCl)N1. The highest BCUT2D eigenvalue weighted by molar-refractivity contribution is 7.10. The van der Waals surface area contributed by atoms with Crippen LogP contribution in [0.1, 0.15) is 29.1 Å². The third-order valence-electron chi connectivity index (χ3n) is 3.92. The van der Waals surface area contributed by atoms with E-state index in [0.717, 1.165) is 4.88 Å². The fourth-order valence-corrected chi connectivity index (χ4v) is 4.33. The maximum Gasteiger partial charge on any atom is 0.335 e. The number of aliphatic imine (C=N–C) groups is 1. The second kappa shape index (κ2) is 7.96. The number of aryl methyl sites for hydroxylation is 1. The molecule has 1 aromatic carbocycles. The van der Waals surface area contributed by atoms with Crippen LogP contribution >= 0.6 is 46.1 Å². The largest absolute Gasteiger partial charge is 0.478 e. The first-order valence-corrected chi connectivity index (χ1v) is 9.82. The normalized spacial score (nSPS) is 17.1. The summed E-state index contributed by atoms with van der Waals surface area (Å²) in [5.74, 6) is -0.0950. The summed E-state index contributed by atoms with van der Waals surface area (Å²) in [5.41, 5.74) is 3.59. The summed E-state index contributed by atoms with van der Waals surface area (Å²) >= 11 is 19.6. The molecule has 1 aliphatic heterocycles. The number of hydrogen-bond donors (Lipinski definition) is 2. The van der Waals surface area contributed by atoms with Gasteiger partial charge in [-0.15, -0.1) is 22.9 Å². The lowest BCUT2D eigenvalue weighted by Gasteiger charge is -2.25. The van der Waals surface area contributed by atoms with Crippen LogP contribution < -0.4 is 5.32 Å². The Labute approximate surface area is 169 Å². The first-order chi connectivity index (χ1) is 12.4. The van der Waals surface area contributed by atoms with E-state index in [2.05, 4.69) is 15.3 Å². The molecule has 0 saturated carbocycles. The first kappa shape index (κ1) is 19.2. The van der Waals surface area contributed by atoms with E-state index in [0.29, 0.717) is 45.1 Å². The van der Waals surface area contributed by atoms with Crippen LogP contribution in [0.25, 0.3) is 0 Å². The van der Waals surface area contributed by atoms with Gasteiger partial charge in [-0.3, -0.25) is 4.99 Å². The number of halogens is 3. The second-order valence-electron chi connectivity index (χ2n) is 5.58. The molecule has 0 bridgehead atoms. The smallest absolute Gasteiger partial charge is 0.335 e. The molecule has 2 aromatic rings. The van der Waals surface area contributed by atoms with E-state index >= 15 is 0 Å². The number of benzene rings is 1. The van der Waals surface area contributed by atoms with Gasteiger partial charge in [-0.1, -0.05) is 29.3 Å². The van der Waals surface area contributed by atoms with Gasteiger partial charge in [0.2, 0.25) is 0 Å². The molecule has 2 heterocycles. The predicted molar refractivity (Wildman–Crippen MR) is 106 cm³/mol. The molecule has 1 unspecified atom stereocenters. The van der Waals surface area contributed by atoms with Gasteiger partial charge >= 0.3 is 5.97 Å². The number of alkyl halides is 1. The third-order valence-corrected chi connectivity index (χ3v) is 5.56. The van der Waals surface area contributed by atoms with Gasteiger partial charge in [-0.05, 0) is 25.5 Å². The van der Waals surface area contributed by atoms with Gasteiger partial charge < -0.3 is 10.4 Å². The number of rotatable bonds is 5. The van der Waals surface area contributed by atoms with Crippen LogP contribution in [0, 0.1) is 0 Å². The minimum absolute atomic E-state index is 0.132. The molecule has 136 valence electrons. The number of aliphatic carboxylic acids is 1. The van der Waals surface area contributed by atoms with Gasteiger partial charge in [0.15, 0.2) is 5.84 Å². The van der Waals surface area contributed by atoms with Crippen molar-refractivity contribution in [2.45, 2.75) is 19.4 Å². The van der Waals surface area contributed by atoms with Crippen molar-refractivity contribution in [2.75, 3.05) is 5.88 Å². The Morgan fingerprint density at radius 2 is 2.15 bits per heavy atom. The van der Waals surface area contributed by atoms with Gasteiger partial charge in [0.25, 0.3) is 0 Å². The summed E-state index contributed by atoms with van der Waals surface area (Å²) in [7, 11) is 0. The lowest BCUT2D eigenvalue weighted by atomic mass is 9.95. The van der Waals surface area contributed by atoms with Crippen molar-refractivity contribution in [1.29, 1.82) is 0 Å². The average Bonchev–Trinajstić information content (AvgIpc) is 3.02. The van der Waals surface area contributed by atoms with Crippen LogP contribution in [0.4, 0.5) is 0 Å². The number of thiazole rings is 1. The second-order valence-corrected chi connectivity index (χ2v) is 7.74. The van der Waals surface area contributed by atoms with Crippen LogP contribution in [0.3, 0.4) is 0 Å². The van der Waals surface area contributed by atoms with Crippen molar-refractivity contribution in [2.24, 2.45) is 4.99 Å². The maximum absolute atomic E-state index is 11.8. The van der Waals surface area contributed by atoms with Crippen molar-refractivity contribution < 1.29 is 9.90 Å². The van der Waals surface area contributed by atoms with E-state index in [-0.39, 0.29) is 5.57 Å². The molecule has 1 aromatic heterocycles. The quantitative estimate of drug-likeness (QED) is 0.675. The molecule has 0 radical (unpaired) electrons. The fourth-order valence-electron chi connectivity index (χ4n) is 2.75. The van der Waals surface area contributed by atoms with E-state index in [1.807, 2.05) is 0 Å². The monoisotopic (exact) mass is 429 g/mol. The van der Waals surface area contributed by atoms with E-state index in [1.54, 1.807) is 30.6 Å². The van der Waals surface area contributed by atoms with E-state index in [9.17, 15) is 9.90 Å². The highest BCUT2D eigenvalue weighted by Crippen LogP contribution is 2.36. The highest BCUT2D eigenvalue weighted by atomic mass is 35.5. The Morgan fingerprint density at radius 3 is 2.81 bits per heavy atom. The lowest BCUT2D eigenvalue weighted by molar-refractivity contribution is -0.133. The molecular weight excluding hydrogens is 417 g/mol. The first-order valence-electron chi connectivity index (χ1n) is 7.65. The Bertz CT molecular complexity index is 924. The molecule has 0 aliphatic carbocycles. The van der Waals surface area contributed by atoms with Crippen molar-refractivity contribution in [1.82, 2.24) is 10.3 Å². The zero-order valence-electron chi connectivity index (χ0n) is 13.6. The number of nitrogens with one attached hydrogen (secondary N) is 1. The third kappa shape index (κ3) is 3.74. The Morgan fingerprint density at radius 1 is 1.38 bits per heavy atom. The summed E-state index contributed by atoms with van der Waals surface area (Å²) < 4.78 is 0. The van der Waals surface area contributed by atoms with Crippen molar-refractivity contribution in [3.05, 3.63) is 61.2 Å². The number of carbonyl (C=O) groups is 1. The van der Waals surface area contributed by atoms with E-state index in [4.69, 9.17) is 34.8 Å². The van der Waals surface area contributed by atoms with Crippen molar-refractivity contribution >= 4 is 57.9 Å². The lowest BCUT2D eigenvalue weighted by Crippen LogP contribution is -2.33. The van der Waals surface area contributed by atoms with Gasteiger partial charge in [-0.2, -0.15) is 0 Å². The molecule has 1 aliphatic rings. The molecule has 9 heteroatoms. The number of aromatic nitrogens is 1. The molecule has 0 saturated heterocycles. The van der Waals surface area contributed by atoms with Crippen molar-refractivity contribution in [3.8, 4) is 0 Å². The molecule has 2 N–H and O–H groups in total. The summed E-state index contributed by atoms with van der Waals surface area (Å²) in [6.45, 7) is 1.70. The minimum atomic E-state index is -1.06. The van der Waals surface area contributed by atoms with Crippen LogP contribution in [0.5, 0.6) is 0 Å². The minimum Gasteiger partial charge on any atom is -0.478 e. The maximum atomic E-state index is 11.8. The molecule has 26 heavy (non-hydrogen) atoms. The van der Waals surface area contributed by atoms with Crippen LogP contribution in [-0.2, 0) is 11.2 Å². The molecule has 3 rings (SSSR count). The molecule has 0 fully saturated rings. The Hall–Kier alpha value is -1.60. The number of carboxylic acids is 1. The summed E-state index contributed by atoms with van der Waals surface area (Å²) in [5, 5.41) is 13.6. The molecule has 0 amide bonds. The van der Waals surface area contributed by atoms with Gasteiger partial charge in [0.05, 0.1) is 11.1 Å². The van der Waals surface area contributed by atoms with Crippen molar-refractivity contribution in [3.63, 3.8) is 0 Å². The standard InChI is InChI=1S/C17H14Cl3N3O2S/c1-8-13(17(24)25)14(10-3-2-9(19)6-11(10)20)23-16(22-8)15-12(4-5-18)26-7-21-15/h2-3,6-7,14H,4-5H2,1H3,(H,22,23)(H,24,25). The number of hydrogen-bond acceptors (Lipinski definition) is 5. The van der Waals surface area contributed by atoms with E-state index < -0.39 is 12.0 Å². The summed E-state index contributed by atoms with van der Waals surface area (Å²) in [6.07, 6.45) is 0.656.